The van der Waals surface area contributed by atoms with Gasteiger partial charge in [0.2, 0.25) is 0 Å². The lowest BCUT2D eigenvalue weighted by Gasteiger charge is -2.42. The molecule has 2 unspecified atom stereocenters. The topological polar surface area (TPSA) is 46.2 Å². The maximum absolute atomic E-state index is 5.35. The van der Waals surface area contributed by atoms with Crippen molar-refractivity contribution in [2.24, 2.45) is 5.41 Å². The Labute approximate surface area is 80.3 Å². The van der Waals surface area contributed by atoms with Crippen LogP contribution < -0.4 is 0 Å². The van der Waals surface area contributed by atoms with Crippen molar-refractivity contribution in [1.29, 1.82) is 0 Å². The minimum absolute atomic E-state index is 0.0533. The number of methoxy groups -OCH3 is 1. The van der Waals surface area contributed by atoms with Crippen molar-refractivity contribution in [2.75, 3.05) is 26.9 Å². The van der Waals surface area contributed by atoms with E-state index in [2.05, 4.69) is 0 Å². The van der Waals surface area contributed by atoms with Crippen LogP contribution in [-0.2, 0) is 22.8 Å². The molecule has 0 aromatic heterocycles. The number of hydrogen-bond donors (Lipinski definition) is 0. The lowest BCUT2D eigenvalue weighted by Crippen LogP contribution is -2.50. The molecule has 2 heterocycles. The SMILES string of the molecule is COC1OPOCC12COPOC2. The predicted octanol–water partition coefficient (Wildman–Crippen LogP) is 1.06. The average Bonchev–Trinajstić information content (AvgIpc) is 2.20. The predicted molar refractivity (Wildman–Crippen MR) is 48.8 cm³/mol. The smallest absolute Gasteiger partial charge is 0.175 e. The van der Waals surface area contributed by atoms with Crippen LogP contribution in [0.3, 0.4) is 0 Å². The fourth-order valence-corrected chi connectivity index (χ4v) is 3.02. The molecule has 1 spiro atoms. The summed E-state index contributed by atoms with van der Waals surface area (Å²) in [5.41, 5.74) is -0.273. The van der Waals surface area contributed by atoms with Crippen molar-refractivity contribution in [2.45, 2.75) is 6.29 Å². The van der Waals surface area contributed by atoms with Crippen molar-refractivity contribution < 1.29 is 22.8 Å². The van der Waals surface area contributed by atoms with Crippen molar-refractivity contribution in [1.82, 2.24) is 0 Å². The summed E-state index contributed by atoms with van der Waals surface area (Å²) in [6.07, 6.45) is -0.273. The molecular formula is C6H12O5P2. The van der Waals surface area contributed by atoms with Crippen LogP contribution in [0.15, 0.2) is 0 Å². The molecule has 0 aromatic carbocycles. The van der Waals surface area contributed by atoms with Crippen LogP contribution in [0.2, 0.25) is 0 Å². The van der Waals surface area contributed by atoms with Gasteiger partial charge in [-0.05, 0) is 0 Å². The Morgan fingerprint density at radius 1 is 1.15 bits per heavy atom. The van der Waals surface area contributed by atoms with Crippen molar-refractivity contribution in [3.63, 3.8) is 0 Å². The Balaban J connectivity index is 2.06. The van der Waals surface area contributed by atoms with Gasteiger partial charge in [0.15, 0.2) is 24.4 Å². The Morgan fingerprint density at radius 3 is 2.38 bits per heavy atom. The molecule has 2 fully saturated rings. The largest absolute Gasteiger partial charge is 0.355 e. The average molecular weight is 226 g/mol. The zero-order chi connectivity index (χ0) is 9.15. The first-order valence-corrected chi connectivity index (χ1v) is 5.54. The van der Waals surface area contributed by atoms with Crippen LogP contribution in [-0.4, -0.2) is 33.2 Å². The standard InChI is InChI=1S/C6H12O5P2/c1-7-5-6(4-10-13-11-5)2-8-12-9-3-6/h5,12-13H,2-4H2,1H3. The summed E-state index contributed by atoms with van der Waals surface area (Å²) in [7, 11) is 1.80. The minimum Gasteiger partial charge on any atom is -0.355 e. The third-order valence-electron chi connectivity index (χ3n) is 2.12. The zero-order valence-electron chi connectivity index (χ0n) is 7.24. The second kappa shape index (κ2) is 4.45. The maximum Gasteiger partial charge on any atom is 0.175 e. The Kier molecular flexibility index (Phi) is 3.49. The van der Waals surface area contributed by atoms with Gasteiger partial charge < -0.3 is 22.8 Å². The third kappa shape index (κ3) is 2.02. The van der Waals surface area contributed by atoms with Crippen molar-refractivity contribution in [3.8, 4) is 0 Å². The molecule has 0 radical (unpaired) electrons. The number of rotatable bonds is 1. The summed E-state index contributed by atoms with van der Waals surface area (Å²) in [5.74, 6) is 0. The molecular weight excluding hydrogens is 214 g/mol. The summed E-state index contributed by atoms with van der Waals surface area (Å²) < 4.78 is 26.4. The van der Waals surface area contributed by atoms with E-state index < -0.39 is 0 Å². The Hall–Kier alpha value is 0.660. The maximum atomic E-state index is 5.35. The van der Waals surface area contributed by atoms with Gasteiger partial charge in [0, 0.05) is 7.11 Å². The molecule has 0 N–H and O–H groups in total. The summed E-state index contributed by atoms with van der Waals surface area (Å²) >= 11 is 0. The van der Waals surface area contributed by atoms with Crippen molar-refractivity contribution in [3.05, 3.63) is 0 Å². The normalized spacial score (nSPS) is 44.5. The molecule has 0 bridgehead atoms. The van der Waals surface area contributed by atoms with E-state index in [1.807, 2.05) is 0 Å². The molecule has 5 nitrogen and oxygen atoms in total. The minimum atomic E-state index is -0.273. The number of hydrogen-bond acceptors (Lipinski definition) is 5. The Bertz CT molecular complexity index is 164. The molecule has 76 valence electrons. The van der Waals surface area contributed by atoms with Gasteiger partial charge in [-0.3, -0.25) is 0 Å². The highest BCUT2D eigenvalue weighted by Gasteiger charge is 2.46. The van der Waals surface area contributed by atoms with E-state index in [9.17, 15) is 0 Å². The molecule has 13 heavy (non-hydrogen) atoms. The first-order valence-electron chi connectivity index (χ1n) is 3.91. The summed E-state index contributed by atoms with van der Waals surface area (Å²) in [4.78, 5) is 0. The lowest BCUT2D eigenvalue weighted by atomic mass is 9.90. The summed E-state index contributed by atoms with van der Waals surface area (Å²) in [6, 6.07) is 0. The highest BCUT2D eigenvalue weighted by atomic mass is 31.1. The van der Waals surface area contributed by atoms with Crippen LogP contribution in [0.4, 0.5) is 0 Å². The summed E-state index contributed by atoms with van der Waals surface area (Å²) in [6.45, 7) is 1.73. The molecule has 0 amide bonds. The van der Waals surface area contributed by atoms with Gasteiger partial charge in [-0.15, -0.1) is 0 Å². The lowest BCUT2D eigenvalue weighted by molar-refractivity contribution is -0.199. The first-order chi connectivity index (χ1) is 6.37. The highest BCUT2D eigenvalue weighted by Crippen LogP contribution is 2.43. The molecule has 2 saturated heterocycles. The quantitative estimate of drug-likeness (QED) is 0.625. The van der Waals surface area contributed by atoms with E-state index in [1.165, 1.54) is 0 Å². The van der Waals surface area contributed by atoms with Gasteiger partial charge in [0.25, 0.3) is 0 Å². The molecule has 2 aliphatic rings. The molecule has 2 rings (SSSR count). The van der Waals surface area contributed by atoms with Gasteiger partial charge in [-0.1, -0.05) is 0 Å². The van der Waals surface area contributed by atoms with Crippen LogP contribution >= 0.6 is 18.1 Å². The van der Waals surface area contributed by atoms with E-state index in [0.717, 1.165) is 0 Å². The summed E-state index contributed by atoms with van der Waals surface area (Å²) in [5, 5.41) is 0. The molecule has 2 atom stereocenters. The van der Waals surface area contributed by atoms with Crippen LogP contribution in [0.25, 0.3) is 0 Å². The molecule has 7 heteroatoms. The van der Waals surface area contributed by atoms with E-state index in [4.69, 9.17) is 22.8 Å². The van der Waals surface area contributed by atoms with Gasteiger partial charge >= 0.3 is 0 Å². The first kappa shape index (κ1) is 10.2. The fourth-order valence-electron chi connectivity index (χ4n) is 1.39. The van der Waals surface area contributed by atoms with Crippen molar-refractivity contribution >= 4 is 18.1 Å². The van der Waals surface area contributed by atoms with E-state index in [0.29, 0.717) is 19.8 Å². The Morgan fingerprint density at radius 2 is 1.77 bits per heavy atom. The van der Waals surface area contributed by atoms with E-state index >= 15 is 0 Å². The van der Waals surface area contributed by atoms with Gasteiger partial charge in [-0.25, -0.2) is 0 Å². The zero-order valence-corrected chi connectivity index (χ0v) is 9.24. The molecule has 0 aliphatic carbocycles. The van der Waals surface area contributed by atoms with Gasteiger partial charge in [0.1, 0.15) is 0 Å². The molecule has 2 aliphatic heterocycles. The second-order valence-electron chi connectivity index (χ2n) is 3.08. The van der Waals surface area contributed by atoms with E-state index in [-0.39, 0.29) is 29.8 Å². The van der Waals surface area contributed by atoms with Crippen LogP contribution in [0.5, 0.6) is 0 Å². The molecule has 0 aromatic rings. The highest BCUT2D eigenvalue weighted by molar-refractivity contribution is 7.26. The third-order valence-corrected chi connectivity index (χ3v) is 3.22. The van der Waals surface area contributed by atoms with Crippen LogP contribution in [0, 0.1) is 5.41 Å². The van der Waals surface area contributed by atoms with Gasteiger partial charge in [0.05, 0.1) is 25.2 Å². The van der Waals surface area contributed by atoms with Gasteiger partial charge in [-0.2, -0.15) is 0 Å². The molecule has 0 saturated carbocycles. The fraction of sp³-hybridized carbons (Fsp3) is 1.00. The monoisotopic (exact) mass is 226 g/mol. The second-order valence-corrected chi connectivity index (χ2v) is 4.52. The van der Waals surface area contributed by atoms with Crippen LogP contribution in [0.1, 0.15) is 0 Å². The van der Waals surface area contributed by atoms with E-state index in [1.54, 1.807) is 7.11 Å². The number of ether oxygens (including phenoxy) is 1.